The van der Waals surface area contributed by atoms with Gasteiger partial charge in [0.25, 0.3) is 0 Å². The van der Waals surface area contributed by atoms with Gasteiger partial charge in [-0.3, -0.25) is 0 Å². The van der Waals surface area contributed by atoms with Crippen LogP contribution in [0.4, 0.5) is 0 Å². The van der Waals surface area contributed by atoms with E-state index in [2.05, 4.69) is 6.07 Å². The van der Waals surface area contributed by atoms with Crippen LogP contribution in [-0.4, -0.2) is 37.1 Å². The first-order chi connectivity index (χ1) is 12.9. The lowest BCUT2D eigenvalue weighted by atomic mass is 9.81. The van der Waals surface area contributed by atoms with Gasteiger partial charge in [-0.15, -0.1) is 0 Å². The molecule has 27 heavy (non-hydrogen) atoms. The predicted molar refractivity (Wildman–Crippen MR) is 96.9 cm³/mol. The Bertz CT molecular complexity index is 895. The average molecular weight is 388 g/mol. The third-order valence-corrected chi connectivity index (χ3v) is 4.88. The van der Waals surface area contributed by atoms with E-state index in [-0.39, 0.29) is 28.7 Å². The number of ether oxygens (including phenoxy) is 2. The predicted octanol–water partition coefficient (Wildman–Crippen LogP) is 2.20. The molecule has 1 atom stereocenters. The van der Waals surface area contributed by atoms with Gasteiger partial charge in [-0.1, -0.05) is 23.7 Å². The summed E-state index contributed by atoms with van der Waals surface area (Å²) in [7, 11) is 2.45. The second-order valence-electron chi connectivity index (χ2n) is 6.24. The van der Waals surface area contributed by atoms with Gasteiger partial charge in [-0.2, -0.15) is 5.26 Å². The summed E-state index contributed by atoms with van der Waals surface area (Å²) in [5.74, 6) is -2.14. The van der Waals surface area contributed by atoms with Crippen molar-refractivity contribution in [1.82, 2.24) is 4.90 Å². The number of hydrogen-bond acceptors (Lipinski definition) is 7. The lowest BCUT2D eigenvalue weighted by Gasteiger charge is -2.36. The van der Waals surface area contributed by atoms with Crippen LogP contribution in [0, 0.1) is 11.3 Å². The number of allylic oxidation sites excluding steroid dienone is 1. The fourth-order valence-corrected chi connectivity index (χ4v) is 3.39. The smallest absolute Gasteiger partial charge is 0.355 e. The minimum Gasteiger partial charge on any atom is -0.466 e. The van der Waals surface area contributed by atoms with E-state index in [4.69, 9.17) is 26.8 Å². The molecule has 0 amide bonds. The van der Waals surface area contributed by atoms with Gasteiger partial charge in [0, 0.05) is 11.1 Å². The first kappa shape index (κ1) is 18.8. The Balaban J connectivity index is 2.31. The van der Waals surface area contributed by atoms with Crippen LogP contribution in [-0.2, 0) is 19.1 Å². The van der Waals surface area contributed by atoms with E-state index in [9.17, 15) is 14.9 Å². The minimum atomic E-state index is -0.858. The van der Waals surface area contributed by atoms with E-state index in [1.165, 1.54) is 19.1 Å². The molecule has 1 heterocycles. The van der Waals surface area contributed by atoms with Crippen LogP contribution in [0.5, 0.6) is 0 Å². The molecule has 1 unspecified atom stereocenters. The van der Waals surface area contributed by atoms with Crippen LogP contribution < -0.4 is 5.73 Å². The van der Waals surface area contributed by atoms with Crippen molar-refractivity contribution in [3.05, 3.63) is 57.5 Å². The maximum absolute atomic E-state index is 12.7. The number of nitriles is 1. The third-order valence-electron chi connectivity index (χ3n) is 4.63. The SMILES string of the molecule is COC(=O)C1=C(C(=O)OC)N(C2CC2)C(N)=C(C#N)C1c1ccc(Cl)cc1. The van der Waals surface area contributed by atoms with E-state index < -0.39 is 17.9 Å². The molecule has 1 aromatic carbocycles. The summed E-state index contributed by atoms with van der Waals surface area (Å²) >= 11 is 5.96. The number of nitrogens with two attached hydrogens (primary N) is 1. The summed E-state index contributed by atoms with van der Waals surface area (Å²) in [5, 5.41) is 10.3. The normalized spacial score (nSPS) is 19.6. The van der Waals surface area contributed by atoms with Crippen molar-refractivity contribution in [1.29, 1.82) is 5.26 Å². The zero-order chi connectivity index (χ0) is 19.7. The van der Waals surface area contributed by atoms with Gasteiger partial charge in [0.05, 0.1) is 37.4 Å². The van der Waals surface area contributed by atoms with E-state index in [0.717, 1.165) is 12.8 Å². The van der Waals surface area contributed by atoms with Gasteiger partial charge >= 0.3 is 11.9 Å². The molecule has 7 nitrogen and oxygen atoms in total. The topological polar surface area (TPSA) is 106 Å². The molecule has 1 saturated carbocycles. The fourth-order valence-electron chi connectivity index (χ4n) is 3.26. The number of carbonyl (C=O) groups is 2. The molecule has 1 aromatic rings. The van der Waals surface area contributed by atoms with Crippen molar-refractivity contribution in [2.24, 2.45) is 5.73 Å². The van der Waals surface area contributed by atoms with Crippen molar-refractivity contribution in [2.45, 2.75) is 24.8 Å². The summed E-state index contributed by atoms with van der Waals surface area (Å²) in [4.78, 5) is 26.8. The van der Waals surface area contributed by atoms with Crippen LogP contribution in [0.15, 0.2) is 46.9 Å². The molecule has 0 aromatic heterocycles. The Labute approximate surface area is 161 Å². The zero-order valence-corrected chi connectivity index (χ0v) is 15.6. The van der Waals surface area contributed by atoms with Gasteiger partial charge in [0.2, 0.25) is 0 Å². The number of carbonyl (C=O) groups excluding carboxylic acids is 2. The summed E-state index contributed by atoms with van der Waals surface area (Å²) < 4.78 is 9.85. The molecule has 0 spiro atoms. The highest BCUT2D eigenvalue weighted by Gasteiger charge is 2.46. The molecule has 140 valence electrons. The third kappa shape index (κ3) is 3.24. The molecule has 0 saturated heterocycles. The molecule has 2 aliphatic rings. The molecule has 1 aliphatic carbocycles. The van der Waals surface area contributed by atoms with Crippen molar-refractivity contribution in [3.63, 3.8) is 0 Å². The number of hydrogen-bond donors (Lipinski definition) is 1. The van der Waals surface area contributed by atoms with Gasteiger partial charge in [-0.25, -0.2) is 9.59 Å². The van der Waals surface area contributed by atoms with E-state index in [1.54, 1.807) is 24.3 Å². The number of rotatable bonds is 4. The van der Waals surface area contributed by atoms with Crippen LogP contribution in [0.1, 0.15) is 24.3 Å². The minimum absolute atomic E-state index is 0.0169. The van der Waals surface area contributed by atoms with Gasteiger partial charge in [-0.05, 0) is 30.5 Å². The van der Waals surface area contributed by atoms with Gasteiger partial charge in [0.15, 0.2) is 0 Å². The molecular formula is C19H18ClN3O4. The number of esters is 2. The molecule has 0 bridgehead atoms. The monoisotopic (exact) mass is 387 g/mol. The molecule has 1 aliphatic heterocycles. The Morgan fingerprint density at radius 1 is 1.19 bits per heavy atom. The fraction of sp³-hybridized carbons (Fsp3) is 0.316. The second kappa shape index (κ2) is 7.33. The largest absolute Gasteiger partial charge is 0.466 e. The number of benzene rings is 1. The van der Waals surface area contributed by atoms with Gasteiger partial charge < -0.3 is 20.1 Å². The number of halogens is 1. The van der Waals surface area contributed by atoms with Crippen molar-refractivity contribution in [3.8, 4) is 6.07 Å². The van der Waals surface area contributed by atoms with E-state index in [0.29, 0.717) is 10.6 Å². The Kier molecular flexibility index (Phi) is 5.10. The molecule has 0 radical (unpaired) electrons. The van der Waals surface area contributed by atoms with Crippen molar-refractivity contribution >= 4 is 23.5 Å². The molecule has 2 N–H and O–H groups in total. The Hall–Kier alpha value is -2.98. The quantitative estimate of drug-likeness (QED) is 0.789. The van der Waals surface area contributed by atoms with Gasteiger partial charge in [0.1, 0.15) is 11.5 Å². The summed E-state index contributed by atoms with van der Waals surface area (Å²) in [6.45, 7) is 0. The standard InChI is InChI=1S/C19H18ClN3O4/c1-26-18(24)15-14(10-3-5-11(20)6-4-10)13(9-21)17(22)23(12-7-8-12)16(15)19(25)27-2/h3-6,12,14H,7-8,22H2,1-2H3. The lowest BCUT2D eigenvalue weighted by Crippen LogP contribution is -2.41. The lowest BCUT2D eigenvalue weighted by molar-refractivity contribution is -0.141. The van der Waals surface area contributed by atoms with Crippen LogP contribution in [0.25, 0.3) is 0 Å². The van der Waals surface area contributed by atoms with Crippen LogP contribution in [0.2, 0.25) is 5.02 Å². The highest BCUT2D eigenvalue weighted by molar-refractivity contribution is 6.30. The van der Waals surface area contributed by atoms with Crippen LogP contribution in [0.3, 0.4) is 0 Å². The van der Waals surface area contributed by atoms with Crippen molar-refractivity contribution in [2.75, 3.05) is 14.2 Å². The maximum atomic E-state index is 12.7. The maximum Gasteiger partial charge on any atom is 0.355 e. The van der Waals surface area contributed by atoms with Crippen molar-refractivity contribution < 1.29 is 19.1 Å². The molecule has 8 heteroatoms. The Morgan fingerprint density at radius 2 is 1.78 bits per heavy atom. The number of methoxy groups -OCH3 is 2. The summed E-state index contributed by atoms with van der Waals surface area (Å²) in [6, 6.07) is 8.69. The van der Waals surface area contributed by atoms with E-state index >= 15 is 0 Å². The second-order valence-corrected chi connectivity index (χ2v) is 6.68. The van der Waals surface area contributed by atoms with Crippen LogP contribution >= 0.6 is 11.6 Å². The highest BCUT2D eigenvalue weighted by atomic mass is 35.5. The molecule has 1 fully saturated rings. The molecular weight excluding hydrogens is 370 g/mol. The molecule has 3 rings (SSSR count). The zero-order valence-electron chi connectivity index (χ0n) is 14.9. The summed E-state index contributed by atoms with van der Waals surface area (Å²) in [6.07, 6.45) is 1.58. The highest BCUT2D eigenvalue weighted by Crippen LogP contribution is 2.45. The Morgan fingerprint density at radius 3 is 2.26 bits per heavy atom. The van der Waals surface area contributed by atoms with E-state index in [1.807, 2.05) is 0 Å². The first-order valence-electron chi connectivity index (χ1n) is 8.29. The summed E-state index contributed by atoms with van der Waals surface area (Å²) in [5.41, 5.74) is 7.10. The number of nitrogens with zero attached hydrogens (tertiary/aromatic N) is 2. The first-order valence-corrected chi connectivity index (χ1v) is 8.67. The average Bonchev–Trinajstić information content (AvgIpc) is 3.51.